The van der Waals surface area contributed by atoms with Crippen molar-refractivity contribution >= 4 is 5.97 Å². The highest BCUT2D eigenvalue weighted by molar-refractivity contribution is 5.89. The lowest BCUT2D eigenvalue weighted by Crippen LogP contribution is -2.14. The number of aromatic carboxylic acids is 1. The first kappa shape index (κ1) is 12.8. The molecule has 1 aliphatic carbocycles. The normalized spacial score (nSPS) is 15.7. The zero-order valence-corrected chi connectivity index (χ0v) is 11.2. The van der Waals surface area contributed by atoms with Crippen LogP contribution in [0.5, 0.6) is 5.75 Å². The standard InChI is InChI=1S/C14H16N2O4/c1-9-6-7-12(19-9)16-13(14(17)18)11(8-15-16)20-10-4-2-3-5-10/h6-8,10H,2-5H2,1H3,(H,17,18). The Balaban J connectivity index is 1.95. The first-order valence-corrected chi connectivity index (χ1v) is 6.70. The number of hydrogen-bond acceptors (Lipinski definition) is 4. The van der Waals surface area contributed by atoms with Crippen LogP contribution in [0.15, 0.2) is 22.7 Å². The summed E-state index contributed by atoms with van der Waals surface area (Å²) >= 11 is 0. The van der Waals surface area contributed by atoms with Crippen LogP contribution < -0.4 is 4.74 Å². The predicted octanol–water partition coefficient (Wildman–Crippen LogP) is 2.79. The van der Waals surface area contributed by atoms with E-state index in [0.29, 0.717) is 17.4 Å². The van der Waals surface area contributed by atoms with Gasteiger partial charge in [-0.05, 0) is 38.7 Å². The molecule has 2 heterocycles. The molecule has 0 unspecified atom stereocenters. The molecule has 2 aromatic rings. The summed E-state index contributed by atoms with van der Waals surface area (Å²) in [4.78, 5) is 11.5. The van der Waals surface area contributed by atoms with Crippen LogP contribution in [0.4, 0.5) is 0 Å². The third kappa shape index (κ3) is 2.29. The molecule has 3 rings (SSSR count). The number of carboxylic acids is 1. The molecule has 0 amide bonds. The fourth-order valence-electron chi connectivity index (χ4n) is 2.50. The lowest BCUT2D eigenvalue weighted by atomic mass is 10.3. The first-order chi connectivity index (χ1) is 9.65. The molecular weight excluding hydrogens is 260 g/mol. The highest BCUT2D eigenvalue weighted by atomic mass is 16.5. The van der Waals surface area contributed by atoms with E-state index in [2.05, 4.69) is 5.10 Å². The topological polar surface area (TPSA) is 77.5 Å². The summed E-state index contributed by atoms with van der Waals surface area (Å²) in [6.45, 7) is 1.80. The second-order valence-corrected chi connectivity index (χ2v) is 4.98. The van der Waals surface area contributed by atoms with E-state index < -0.39 is 5.97 Å². The Bertz CT molecular complexity index is 623. The number of aryl methyl sites for hydroxylation is 1. The van der Waals surface area contributed by atoms with Gasteiger partial charge in [-0.25, -0.2) is 4.79 Å². The van der Waals surface area contributed by atoms with E-state index in [4.69, 9.17) is 9.15 Å². The third-order valence-electron chi connectivity index (χ3n) is 3.47. The number of carboxylic acid groups (broad SMARTS) is 1. The summed E-state index contributed by atoms with van der Waals surface area (Å²) in [6.07, 6.45) is 5.70. The van der Waals surface area contributed by atoms with E-state index in [0.717, 1.165) is 25.7 Å². The molecule has 1 saturated carbocycles. The summed E-state index contributed by atoms with van der Waals surface area (Å²) in [5, 5.41) is 13.5. The molecule has 0 radical (unpaired) electrons. The van der Waals surface area contributed by atoms with Crippen molar-refractivity contribution in [2.45, 2.75) is 38.7 Å². The molecule has 0 atom stereocenters. The van der Waals surface area contributed by atoms with Gasteiger partial charge in [-0.2, -0.15) is 9.78 Å². The van der Waals surface area contributed by atoms with Crippen LogP contribution >= 0.6 is 0 Å². The van der Waals surface area contributed by atoms with Gasteiger partial charge in [0.15, 0.2) is 11.4 Å². The number of ether oxygens (including phenoxy) is 1. The molecule has 2 aromatic heterocycles. The van der Waals surface area contributed by atoms with E-state index in [1.807, 2.05) is 0 Å². The molecule has 0 spiro atoms. The minimum Gasteiger partial charge on any atom is -0.486 e. The van der Waals surface area contributed by atoms with Gasteiger partial charge in [0.25, 0.3) is 0 Å². The maximum absolute atomic E-state index is 11.5. The van der Waals surface area contributed by atoms with Crippen molar-refractivity contribution in [2.24, 2.45) is 0 Å². The molecular formula is C14H16N2O4. The van der Waals surface area contributed by atoms with Gasteiger partial charge in [0, 0.05) is 6.07 Å². The molecule has 0 bridgehead atoms. The molecule has 6 heteroatoms. The monoisotopic (exact) mass is 276 g/mol. The Kier molecular flexibility index (Phi) is 3.22. The zero-order chi connectivity index (χ0) is 14.1. The first-order valence-electron chi connectivity index (χ1n) is 6.70. The van der Waals surface area contributed by atoms with Gasteiger partial charge in [0.05, 0.1) is 12.3 Å². The van der Waals surface area contributed by atoms with Crippen molar-refractivity contribution in [3.05, 3.63) is 29.8 Å². The summed E-state index contributed by atoms with van der Waals surface area (Å²) in [7, 11) is 0. The zero-order valence-electron chi connectivity index (χ0n) is 11.2. The molecule has 0 aliphatic heterocycles. The van der Waals surface area contributed by atoms with Crippen LogP contribution in [0.2, 0.25) is 0 Å². The van der Waals surface area contributed by atoms with E-state index in [9.17, 15) is 9.90 Å². The number of aromatic nitrogens is 2. The van der Waals surface area contributed by atoms with Gasteiger partial charge in [0.2, 0.25) is 5.88 Å². The Hall–Kier alpha value is -2.24. The highest BCUT2D eigenvalue weighted by Crippen LogP contribution is 2.28. The van der Waals surface area contributed by atoms with E-state index in [1.165, 1.54) is 10.9 Å². The van der Waals surface area contributed by atoms with Crippen molar-refractivity contribution in [3.8, 4) is 11.6 Å². The molecule has 0 saturated heterocycles. The molecule has 1 N–H and O–H groups in total. The molecule has 0 aromatic carbocycles. The Labute approximate surface area is 116 Å². The molecule has 20 heavy (non-hydrogen) atoms. The second kappa shape index (κ2) is 5.03. The van der Waals surface area contributed by atoms with Gasteiger partial charge in [-0.3, -0.25) is 0 Å². The van der Waals surface area contributed by atoms with Crippen molar-refractivity contribution in [2.75, 3.05) is 0 Å². The predicted molar refractivity (Wildman–Crippen MR) is 70.4 cm³/mol. The van der Waals surface area contributed by atoms with Crippen LogP contribution in [0, 0.1) is 6.92 Å². The van der Waals surface area contributed by atoms with Crippen molar-refractivity contribution in [3.63, 3.8) is 0 Å². The molecule has 106 valence electrons. The highest BCUT2D eigenvalue weighted by Gasteiger charge is 2.25. The molecule has 1 aliphatic rings. The lowest BCUT2D eigenvalue weighted by molar-refractivity contribution is 0.0678. The number of carbonyl (C=O) groups is 1. The molecule has 1 fully saturated rings. The summed E-state index contributed by atoms with van der Waals surface area (Å²) in [5.41, 5.74) is 0.00579. The van der Waals surface area contributed by atoms with Gasteiger partial charge in [0.1, 0.15) is 5.76 Å². The Morgan fingerprint density at radius 1 is 1.45 bits per heavy atom. The maximum atomic E-state index is 11.5. The van der Waals surface area contributed by atoms with Gasteiger partial charge in [-0.1, -0.05) is 0 Å². The Morgan fingerprint density at radius 2 is 2.20 bits per heavy atom. The average Bonchev–Trinajstić information content (AvgIpc) is 3.09. The van der Waals surface area contributed by atoms with Gasteiger partial charge < -0.3 is 14.3 Å². The van der Waals surface area contributed by atoms with Crippen molar-refractivity contribution < 1.29 is 19.1 Å². The maximum Gasteiger partial charge on any atom is 0.358 e. The molecule has 6 nitrogen and oxygen atoms in total. The smallest absolute Gasteiger partial charge is 0.358 e. The minimum absolute atomic E-state index is 0.00579. The summed E-state index contributed by atoms with van der Waals surface area (Å²) in [5.74, 6) is 0.300. The quantitative estimate of drug-likeness (QED) is 0.929. The van der Waals surface area contributed by atoms with Gasteiger partial charge >= 0.3 is 5.97 Å². The number of rotatable bonds is 4. The van der Waals surface area contributed by atoms with Crippen molar-refractivity contribution in [1.82, 2.24) is 9.78 Å². The van der Waals surface area contributed by atoms with Crippen LogP contribution in [0.25, 0.3) is 5.88 Å². The fourth-order valence-corrected chi connectivity index (χ4v) is 2.50. The van der Waals surface area contributed by atoms with E-state index in [1.54, 1.807) is 19.1 Å². The fraction of sp³-hybridized carbons (Fsp3) is 0.429. The third-order valence-corrected chi connectivity index (χ3v) is 3.47. The Morgan fingerprint density at radius 3 is 2.80 bits per heavy atom. The average molecular weight is 276 g/mol. The summed E-state index contributed by atoms with van der Waals surface area (Å²) in [6, 6.07) is 3.45. The van der Waals surface area contributed by atoms with Gasteiger partial charge in [-0.15, -0.1) is 0 Å². The number of hydrogen-bond donors (Lipinski definition) is 1. The van der Waals surface area contributed by atoms with E-state index >= 15 is 0 Å². The van der Waals surface area contributed by atoms with E-state index in [-0.39, 0.29) is 11.8 Å². The summed E-state index contributed by atoms with van der Waals surface area (Å²) < 4.78 is 12.5. The minimum atomic E-state index is -1.08. The number of nitrogens with zero attached hydrogens (tertiary/aromatic N) is 2. The number of furan rings is 1. The largest absolute Gasteiger partial charge is 0.486 e. The van der Waals surface area contributed by atoms with Crippen LogP contribution in [-0.2, 0) is 0 Å². The van der Waals surface area contributed by atoms with Crippen molar-refractivity contribution in [1.29, 1.82) is 0 Å². The van der Waals surface area contributed by atoms with Crippen LogP contribution in [0.3, 0.4) is 0 Å². The van der Waals surface area contributed by atoms with Crippen LogP contribution in [0.1, 0.15) is 41.9 Å². The SMILES string of the molecule is Cc1ccc(-n2ncc(OC3CCCC3)c2C(=O)O)o1. The second-order valence-electron chi connectivity index (χ2n) is 4.98. The van der Waals surface area contributed by atoms with Crippen LogP contribution in [-0.4, -0.2) is 27.0 Å². The lowest BCUT2D eigenvalue weighted by Gasteiger charge is -2.12.